The summed E-state index contributed by atoms with van der Waals surface area (Å²) in [6, 6.07) is 4.36. The Labute approximate surface area is 154 Å². The Hall–Kier alpha value is -1.06. The first-order chi connectivity index (χ1) is 11.7. The van der Waals surface area contributed by atoms with Gasteiger partial charge in [0.2, 0.25) is 0 Å². The van der Waals surface area contributed by atoms with Crippen molar-refractivity contribution in [2.75, 3.05) is 18.5 Å². The SMILES string of the molecule is CCOP(=O)(OCC)C(F)(F)c1sc2ccc(NC(=O)O)cc2c1Br. The van der Waals surface area contributed by atoms with Gasteiger partial charge in [-0.15, -0.1) is 11.3 Å². The van der Waals surface area contributed by atoms with Crippen LogP contribution in [-0.2, 0) is 19.3 Å². The van der Waals surface area contributed by atoms with Gasteiger partial charge in [0.1, 0.15) is 4.88 Å². The summed E-state index contributed by atoms with van der Waals surface area (Å²) < 4.78 is 52.6. The van der Waals surface area contributed by atoms with Crippen molar-refractivity contribution in [2.24, 2.45) is 0 Å². The summed E-state index contributed by atoms with van der Waals surface area (Å²) >= 11 is 3.84. The Morgan fingerprint density at radius 3 is 2.48 bits per heavy atom. The maximum atomic E-state index is 14.9. The van der Waals surface area contributed by atoms with Gasteiger partial charge >= 0.3 is 19.4 Å². The summed E-state index contributed by atoms with van der Waals surface area (Å²) in [7, 11) is -4.72. The van der Waals surface area contributed by atoms with Crippen molar-refractivity contribution in [1.29, 1.82) is 0 Å². The molecule has 1 amide bonds. The fraction of sp³-hybridized carbons (Fsp3) is 0.357. The lowest BCUT2D eigenvalue weighted by atomic mass is 10.2. The minimum atomic E-state index is -4.72. The lowest BCUT2D eigenvalue weighted by Gasteiger charge is -2.25. The van der Waals surface area contributed by atoms with Gasteiger partial charge in [0.15, 0.2) is 0 Å². The van der Waals surface area contributed by atoms with Crippen LogP contribution >= 0.6 is 34.9 Å². The zero-order chi connectivity index (χ0) is 18.8. The standard InChI is InChI=1S/C14H15BrF2NO5PS/c1-3-22-24(21,23-4-2)14(16,17)12-11(15)9-7-8(18-13(19)20)5-6-10(9)25-12/h5-7,18H,3-4H2,1-2H3,(H,19,20). The first-order valence-electron chi connectivity index (χ1n) is 7.15. The molecular formula is C14H15BrF2NO5PS. The minimum absolute atomic E-state index is 0.0196. The Balaban J connectivity index is 2.57. The molecule has 0 aliphatic heterocycles. The van der Waals surface area contributed by atoms with E-state index >= 15 is 0 Å². The van der Waals surface area contributed by atoms with Crippen LogP contribution in [0, 0.1) is 0 Å². The molecule has 0 atom stereocenters. The number of carboxylic acid groups (broad SMARTS) is 1. The van der Waals surface area contributed by atoms with Crippen molar-refractivity contribution in [3.05, 3.63) is 27.5 Å². The van der Waals surface area contributed by atoms with E-state index in [9.17, 15) is 18.1 Å². The number of thiophene rings is 1. The lowest BCUT2D eigenvalue weighted by Crippen LogP contribution is -2.17. The lowest BCUT2D eigenvalue weighted by molar-refractivity contribution is 0.0387. The third-order valence-corrected chi connectivity index (χ3v) is 7.68. The zero-order valence-electron chi connectivity index (χ0n) is 13.2. The molecule has 6 nitrogen and oxygen atoms in total. The fourth-order valence-electron chi connectivity index (χ4n) is 2.13. The topological polar surface area (TPSA) is 84.9 Å². The van der Waals surface area contributed by atoms with Crippen molar-refractivity contribution >= 4 is 56.7 Å². The number of carbonyl (C=O) groups is 1. The average Bonchev–Trinajstić information content (AvgIpc) is 2.84. The summed E-state index contributed by atoms with van der Waals surface area (Å²) in [5.41, 5.74) is -3.63. The number of halogens is 3. The third kappa shape index (κ3) is 3.88. The number of hydrogen-bond acceptors (Lipinski definition) is 5. The first kappa shape index (κ1) is 20.3. The number of fused-ring (bicyclic) bond motifs is 1. The highest BCUT2D eigenvalue weighted by molar-refractivity contribution is 9.10. The zero-order valence-corrected chi connectivity index (χ0v) is 16.5. The van der Waals surface area contributed by atoms with Crippen molar-refractivity contribution < 1.29 is 32.3 Å². The van der Waals surface area contributed by atoms with Crippen LogP contribution in [-0.4, -0.2) is 24.4 Å². The Morgan fingerprint density at radius 2 is 1.96 bits per heavy atom. The molecule has 0 unspecified atom stereocenters. The maximum Gasteiger partial charge on any atom is 0.409 e. The molecule has 0 saturated carbocycles. The molecule has 2 aromatic rings. The molecule has 0 bridgehead atoms. The van der Waals surface area contributed by atoms with Crippen LogP contribution in [0.2, 0.25) is 0 Å². The largest absolute Gasteiger partial charge is 0.465 e. The molecule has 2 N–H and O–H groups in total. The molecule has 0 radical (unpaired) electrons. The predicted molar refractivity (Wildman–Crippen MR) is 95.9 cm³/mol. The van der Waals surface area contributed by atoms with E-state index in [1.54, 1.807) is 0 Å². The van der Waals surface area contributed by atoms with Crippen LogP contribution in [0.4, 0.5) is 19.3 Å². The molecule has 1 aromatic heterocycles. The minimum Gasteiger partial charge on any atom is -0.465 e. The molecular weight excluding hydrogens is 443 g/mol. The smallest absolute Gasteiger partial charge is 0.409 e. The van der Waals surface area contributed by atoms with Gasteiger partial charge in [0, 0.05) is 20.2 Å². The van der Waals surface area contributed by atoms with Gasteiger partial charge in [-0.05, 0) is 48.0 Å². The van der Waals surface area contributed by atoms with Gasteiger partial charge in [-0.2, -0.15) is 8.78 Å². The first-order valence-corrected chi connectivity index (χ1v) is 10.3. The van der Waals surface area contributed by atoms with Crippen LogP contribution in [0.1, 0.15) is 18.7 Å². The van der Waals surface area contributed by atoms with E-state index in [0.29, 0.717) is 10.1 Å². The Morgan fingerprint density at radius 1 is 1.36 bits per heavy atom. The van der Waals surface area contributed by atoms with E-state index in [1.807, 2.05) is 0 Å². The van der Waals surface area contributed by atoms with E-state index < -0.39 is 24.2 Å². The summed E-state index contributed by atoms with van der Waals surface area (Å²) in [6.45, 7) is 2.52. The van der Waals surface area contributed by atoms with E-state index in [2.05, 4.69) is 21.2 Å². The fourth-order valence-corrected chi connectivity index (χ4v) is 6.09. The van der Waals surface area contributed by atoms with Gasteiger partial charge in [-0.25, -0.2) is 4.79 Å². The maximum absolute atomic E-state index is 14.9. The Bertz CT molecular complexity index is 834. The number of rotatable bonds is 7. The summed E-state index contributed by atoms with van der Waals surface area (Å²) in [5.74, 6) is 0. The molecule has 0 fully saturated rings. The summed E-state index contributed by atoms with van der Waals surface area (Å²) in [5, 5.41) is 11.3. The molecule has 1 heterocycles. The molecule has 0 aliphatic carbocycles. The van der Waals surface area contributed by atoms with Crippen LogP contribution in [0.25, 0.3) is 10.1 Å². The quantitative estimate of drug-likeness (QED) is 0.492. The van der Waals surface area contributed by atoms with E-state index in [4.69, 9.17) is 14.2 Å². The van der Waals surface area contributed by atoms with Crippen LogP contribution in [0.3, 0.4) is 0 Å². The molecule has 0 saturated heterocycles. The van der Waals surface area contributed by atoms with Crippen LogP contribution in [0.5, 0.6) is 0 Å². The molecule has 11 heteroatoms. The number of nitrogens with one attached hydrogen (secondary N) is 1. The average molecular weight is 458 g/mol. The molecule has 0 spiro atoms. The van der Waals surface area contributed by atoms with Gasteiger partial charge in [0.25, 0.3) is 0 Å². The number of amides is 1. The van der Waals surface area contributed by atoms with Gasteiger partial charge < -0.3 is 14.2 Å². The molecule has 138 valence electrons. The second kappa shape index (κ2) is 7.67. The van der Waals surface area contributed by atoms with Gasteiger partial charge in [-0.1, -0.05) is 0 Å². The second-order valence-electron chi connectivity index (χ2n) is 4.76. The van der Waals surface area contributed by atoms with Gasteiger partial charge in [0.05, 0.1) is 13.2 Å². The summed E-state index contributed by atoms with van der Waals surface area (Å²) in [4.78, 5) is 10.2. The summed E-state index contributed by atoms with van der Waals surface area (Å²) in [6.07, 6.45) is -1.27. The second-order valence-corrected chi connectivity index (χ2v) is 8.68. The number of anilines is 1. The van der Waals surface area contributed by atoms with Gasteiger partial charge in [-0.3, -0.25) is 9.88 Å². The highest BCUT2D eigenvalue weighted by atomic mass is 79.9. The number of benzene rings is 1. The van der Waals surface area contributed by atoms with E-state index in [1.165, 1.54) is 32.0 Å². The third-order valence-electron chi connectivity index (χ3n) is 3.09. The Kier molecular flexibility index (Phi) is 6.22. The van der Waals surface area contributed by atoms with Crippen molar-refractivity contribution in [3.63, 3.8) is 0 Å². The van der Waals surface area contributed by atoms with Crippen molar-refractivity contribution in [1.82, 2.24) is 0 Å². The van der Waals surface area contributed by atoms with Crippen molar-refractivity contribution in [2.45, 2.75) is 19.5 Å². The number of hydrogen-bond donors (Lipinski definition) is 2. The number of alkyl halides is 2. The molecule has 0 aliphatic rings. The van der Waals surface area contributed by atoms with E-state index in [0.717, 1.165) is 11.3 Å². The highest BCUT2D eigenvalue weighted by Crippen LogP contribution is 2.69. The van der Waals surface area contributed by atoms with E-state index in [-0.39, 0.29) is 23.4 Å². The molecule has 2 rings (SSSR count). The van der Waals surface area contributed by atoms with Crippen LogP contribution in [0.15, 0.2) is 22.7 Å². The highest BCUT2D eigenvalue weighted by Gasteiger charge is 2.57. The predicted octanol–water partition coefficient (Wildman–Crippen LogP) is 6.07. The monoisotopic (exact) mass is 457 g/mol. The normalized spacial score (nSPS) is 12.5. The van der Waals surface area contributed by atoms with Crippen molar-refractivity contribution in [3.8, 4) is 0 Å². The molecule has 25 heavy (non-hydrogen) atoms. The van der Waals surface area contributed by atoms with Crippen LogP contribution < -0.4 is 5.32 Å². The molecule has 1 aromatic carbocycles.